The number of hydrogen-bond donors (Lipinski definition) is 0. The molecule has 1 aromatic heterocycles. The highest BCUT2D eigenvalue weighted by Crippen LogP contribution is 2.18. The van der Waals surface area contributed by atoms with Crippen LogP contribution in [0.4, 0.5) is 0 Å². The number of carbonyl (C=O) groups is 1. The third-order valence-electron chi connectivity index (χ3n) is 2.91. The Balaban J connectivity index is 2.06. The van der Waals surface area contributed by atoms with E-state index in [1.54, 1.807) is 30.3 Å². The van der Waals surface area contributed by atoms with Crippen LogP contribution in [-0.4, -0.2) is 42.6 Å². The summed E-state index contributed by atoms with van der Waals surface area (Å²) in [5.41, 5.74) is 1.70. The van der Waals surface area contributed by atoms with Gasteiger partial charge in [-0.15, -0.1) is 0 Å². The Morgan fingerprint density at radius 3 is 3.06 bits per heavy atom. The van der Waals surface area contributed by atoms with Crippen molar-refractivity contribution in [2.75, 3.05) is 26.8 Å². The molecule has 0 aliphatic carbocycles. The van der Waals surface area contributed by atoms with E-state index in [0.717, 1.165) is 6.42 Å². The Kier molecular flexibility index (Phi) is 4.33. The Bertz CT molecular complexity index is 474. The van der Waals surface area contributed by atoms with E-state index in [0.29, 0.717) is 25.3 Å². The van der Waals surface area contributed by atoms with E-state index in [-0.39, 0.29) is 11.1 Å². The highest BCUT2D eigenvalue weighted by molar-refractivity contribution is 6.32. The van der Waals surface area contributed by atoms with Crippen LogP contribution in [-0.2, 0) is 4.74 Å². The van der Waals surface area contributed by atoms with Crippen molar-refractivity contribution >= 4 is 17.5 Å². The third kappa shape index (κ3) is 2.89. The number of amides is 1. The van der Waals surface area contributed by atoms with E-state index in [1.165, 1.54) is 5.57 Å². The van der Waals surface area contributed by atoms with Crippen LogP contribution in [0, 0.1) is 0 Å². The molecule has 4 nitrogen and oxygen atoms in total. The summed E-state index contributed by atoms with van der Waals surface area (Å²) in [5, 5.41) is 0.258. The van der Waals surface area contributed by atoms with Gasteiger partial charge in [0.05, 0.1) is 12.2 Å². The first-order chi connectivity index (χ1) is 8.72. The van der Waals surface area contributed by atoms with Crippen molar-refractivity contribution in [3.63, 3.8) is 0 Å². The molecule has 0 unspecified atom stereocenters. The topological polar surface area (TPSA) is 42.4 Å². The summed E-state index contributed by atoms with van der Waals surface area (Å²) in [6.07, 6.45) is 4.46. The summed E-state index contributed by atoms with van der Waals surface area (Å²) in [4.78, 5) is 17.9. The normalized spacial score (nSPS) is 15.4. The minimum atomic E-state index is -0.0687. The van der Waals surface area contributed by atoms with Crippen LogP contribution in [0.3, 0.4) is 0 Å². The summed E-state index contributed by atoms with van der Waals surface area (Å²) in [6, 6.07) is 3.42. The molecule has 0 bridgehead atoms. The smallest absolute Gasteiger partial charge is 0.257 e. The molecular weight excluding hydrogens is 252 g/mol. The molecule has 0 N–H and O–H groups in total. The minimum Gasteiger partial charge on any atom is -0.380 e. The number of nitrogens with zero attached hydrogens (tertiary/aromatic N) is 2. The van der Waals surface area contributed by atoms with Crippen molar-refractivity contribution in [2.24, 2.45) is 0 Å². The number of halogens is 1. The van der Waals surface area contributed by atoms with Crippen molar-refractivity contribution in [2.45, 2.75) is 6.42 Å². The molecule has 0 fully saturated rings. The van der Waals surface area contributed by atoms with E-state index in [9.17, 15) is 4.79 Å². The van der Waals surface area contributed by atoms with Crippen molar-refractivity contribution in [3.05, 3.63) is 40.7 Å². The molecule has 1 aliphatic heterocycles. The first kappa shape index (κ1) is 13.1. The molecule has 1 amide bonds. The molecule has 2 heterocycles. The maximum atomic E-state index is 12.2. The van der Waals surface area contributed by atoms with Gasteiger partial charge in [0.15, 0.2) is 0 Å². The van der Waals surface area contributed by atoms with Gasteiger partial charge in [-0.3, -0.25) is 4.79 Å². The highest BCUT2D eigenvalue weighted by Gasteiger charge is 2.20. The lowest BCUT2D eigenvalue weighted by molar-refractivity contribution is 0.0764. The van der Waals surface area contributed by atoms with Gasteiger partial charge in [-0.1, -0.05) is 17.7 Å². The Hall–Kier alpha value is -1.39. The molecule has 96 valence electrons. The second-order valence-electron chi connectivity index (χ2n) is 4.14. The van der Waals surface area contributed by atoms with E-state index in [4.69, 9.17) is 16.3 Å². The van der Waals surface area contributed by atoms with Crippen LogP contribution in [0.5, 0.6) is 0 Å². The first-order valence-corrected chi connectivity index (χ1v) is 6.17. The minimum absolute atomic E-state index is 0.0687. The lowest BCUT2D eigenvalue weighted by Crippen LogP contribution is -2.35. The zero-order valence-corrected chi connectivity index (χ0v) is 11.0. The highest BCUT2D eigenvalue weighted by atomic mass is 35.5. The maximum absolute atomic E-state index is 12.2. The standard InChI is InChI=1S/C13H15ClN2O2/c1-18-9-10-4-7-16(8-5-10)13(17)11-3-2-6-15-12(11)14/h2-4,6H,5,7-9H2,1H3. The third-order valence-corrected chi connectivity index (χ3v) is 3.21. The fourth-order valence-corrected chi connectivity index (χ4v) is 2.13. The molecule has 0 saturated heterocycles. The number of methoxy groups -OCH3 is 1. The lowest BCUT2D eigenvalue weighted by atomic mass is 10.1. The zero-order chi connectivity index (χ0) is 13.0. The fourth-order valence-electron chi connectivity index (χ4n) is 1.93. The molecule has 0 radical (unpaired) electrons. The van der Waals surface area contributed by atoms with Crippen LogP contribution in [0.25, 0.3) is 0 Å². The lowest BCUT2D eigenvalue weighted by Gasteiger charge is -2.26. The van der Waals surface area contributed by atoms with Crippen molar-refractivity contribution < 1.29 is 9.53 Å². The predicted molar refractivity (Wildman–Crippen MR) is 69.7 cm³/mol. The molecule has 5 heteroatoms. The summed E-state index contributed by atoms with van der Waals surface area (Å²) in [6.45, 7) is 1.93. The molecule has 0 spiro atoms. The number of pyridine rings is 1. The average molecular weight is 267 g/mol. The predicted octanol–water partition coefficient (Wildman–Crippen LogP) is 2.15. The monoisotopic (exact) mass is 266 g/mol. The molecule has 2 rings (SSSR count). The molecular formula is C13H15ClN2O2. The van der Waals surface area contributed by atoms with Crippen LogP contribution in [0.2, 0.25) is 5.15 Å². The van der Waals surface area contributed by atoms with Gasteiger partial charge in [-0.25, -0.2) is 4.98 Å². The summed E-state index contributed by atoms with van der Waals surface area (Å²) < 4.78 is 5.08. The Morgan fingerprint density at radius 2 is 2.44 bits per heavy atom. The quantitative estimate of drug-likeness (QED) is 0.622. The van der Waals surface area contributed by atoms with Gasteiger partial charge in [0, 0.05) is 26.4 Å². The van der Waals surface area contributed by atoms with E-state index in [1.807, 2.05) is 6.08 Å². The summed E-state index contributed by atoms with van der Waals surface area (Å²) in [7, 11) is 1.67. The van der Waals surface area contributed by atoms with Gasteiger partial charge in [0.2, 0.25) is 0 Å². The molecule has 0 atom stereocenters. The summed E-state index contributed by atoms with van der Waals surface area (Å²) in [5.74, 6) is -0.0687. The fraction of sp³-hybridized carbons (Fsp3) is 0.385. The van der Waals surface area contributed by atoms with E-state index in [2.05, 4.69) is 4.98 Å². The largest absolute Gasteiger partial charge is 0.380 e. The van der Waals surface area contributed by atoms with Gasteiger partial charge in [-0.05, 0) is 24.1 Å². The molecule has 0 aromatic carbocycles. The van der Waals surface area contributed by atoms with E-state index >= 15 is 0 Å². The Labute approximate surface area is 111 Å². The average Bonchev–Trinajstić information content (AvgIpc) is 2.40. The van der Waals surface area contributed by atoms with Gasteiger partial charge in [-0.2, -0.15) is 0 Å². The molecule has 18 heavy (non-hydrogen) atoms. The van der Waals surface area contributed by atoms with Gasteiger partial charge >= 0.3 is 0 Å². The summed E-state index contributed by atoms with van der Waals surface area (Å²) >= 11 is 5.92. The van der Waals surface area contributed by atoms with Gasteiger partial charge in [0.1, 0.15) is 5.15 Å². The second kappa shape index (κ2) is 5.98. The Morgan fingerprint density at radius 1 is 1.61 bits per heavy atom. The first-order valence-electron chi connectivity index (χ1n) is 5.79. The molecule has 1 aliphatic rings. The second-order valence-corrected chi connectivity index (χ2v) is 4.50. The number of aromatic nitrogens is 1. The van der Waals surface area contributed by atoms with E-state index < -0.39 is 0 Å². The van der Waals surface area contributed by atoms with Crippen LogP contribution in [0.1, 0.15) is 16.8 Å². The van der Waals surface area contributed by atoms with Crippen molar-refractivity contribution in [1.82, 2.24) is 9.88 Å². The van der Waals surface area contributed by atoms with Crippen LogP contribution in [0.15, 0.2) is 30.0 Å². The number of carbonyl (C=O) groups excluding carboxylic acids is 1. The van der Waals surface area contributed by atoms with Crippen molar-refractivity contribution in [3.8, 4) is 0 Å². The van der Waals surface area contributed by atoms with Crippen molar-refractivity contribution in [1.29, 1.82) is 0 Å². The zero-order valence-electron chi connectivity index (χ0n) is 10.2. The number of hydrogen-bond acceptors (Lipinski definition) is 3. The maximum Gasteiger partial charge on any atom is 0.257 e. The SMILES string of the molecule is COCC1=CCN(C(=O)c2cccnc2Cl)CC1. The van der Waals surface area contributed by atoms with Crippen LogP contribution >= 0.6 is 11.6 Å². The molecule has 1 aromatic rings. The molecule has 0 saturated carbocycles. The number of rotatable bonds is 3. The van der Waals surface area contributed by atoms with Gasteiger partial charge < -0.3 is 9.64 Å². The number of ether oxygens (including phenoxy) is 1. The van der Waals surface area contributed by atoms with Crippen LogP contribution < -0.4 is 0 Å². The van der Waals surface area contributed by atoms with Gasteiger partial charge in [0.25, 0.3) is 5.91 Å².